The third-order valence-corrected chi connectivity index (χ3v) is 6.69. The number of nitrogens with one attached hydrogen (secondary N) is 3. The molecule has 0 aliphatic rings. The second-order valence-electron chi connectivity index (χ2n) is 5.65. The molecule has 0 aliphatic carbocycles. The molecule has 0 unspecified atom stereocenters. The van der Waals surface area contributed by atoms with E-state index in [1.54, 1.807) is 6.07 Å². The Kier molecular flexibility index (Phi) is 5.22. The molecule has 0 fully saturated rings. The summed E-state index contributed by atoms with van der Waals surface area (Å²) in [5.74, 6) is -0.350. The number of thiophene rings is 1. The second kappa shape index (κ2) is 7.38. The third kappa shape index (κ3) is 4.28. The number of carbonyl (C=O) groups excluding carboxylic acids is 1. The van der Waals surface area contributed by atoms with Gasteiger partial charge in [-0.15, -0.1) is 11.3 Å². The minimum absolute atomic E-state index is 0.219. The highest BCUT2D eigenvalue weighted by molar-refractivity contribution is 7.91. The molecule has 8 heteroatoms. The predicted molar refractivity (Wildman–Crippen MR) is 99.3 cm³/mol. The normalized spacial score (nSPS) is 11.7. The van der Waals surface area contributed by atoms with Gasteiger partial charge in [-0.1, -0.05) is 18.2 Å². The van der Waals surface area contributed by atoms with Gasteiger partial charge >= 0.3 is 0 Å². The fraction of sp³-hybridized carbons (Fsp3) is 0.235. The zero-order valence-electron chi connectivity index (χ0n) is 13.7. The molecule has 0 radical (unpaired) electrons. The molecule has 1 aromatic carbocycles. The summed E-state index contributed by atoms with van der Waals surface area (Å²) < 4.78 is 26.7. The zero-order valence-corrected chi connectivity index (χ0v) is 15.3. The largest absolute Gasteiger partial charge is 0.361 e. The molecule has 2 heterocycles. The number of amides is 1. The summed E-state index contributed by atoms with van der Waals surface area (Å²) in [6.07, 6.45) is 2.60. The first-order valence-corrected chi connectivity index (χ1v) is 10.1. The predicted octanol–water partition coefficient (Wildman–Crippen LogP) is 2.18. The Hall–Kier alpha value is -2.16. The van der Waals surface area contributed by atoms with Crippen molar-refractivity contribution in [1.29, 1.82) is 0 Å². The first kappa shape index (κ1) is 17.7. The van der Waals surface area contributed by atoms with Gasteiger partial charge in [0.15, 0.2) is 0 Å². The Balaban J connectivity index is 1.48. The highest BCUT2D eigenvalue weighted by Crippen LogP contribution is 2.20. The van der Waals surface area contributed by atoms with Gasteiger partial charge in [-0.05, 0) is 37.1 Å². The first-order chi connectivity index (χ1) is 12.0. The molecule has 25 heavy (non-hydrogen) atoms. The van der Waals surface area contributed by atoms with Crippen LogP contribution in [0.1, 0.15) is 10.4 Å². The monoisotopic (exact) mass is 377 g/mol. The number of carbonyl (C=O) groups is 1. The quantitative estimate of drug-likeness (QED) is 0.589. The number of aromatic amines is 1. The second-order valence-corrected chi connectivity index (χ2v) is 8.93. The maximum atomic E-state index is 12.1. The fourth-order valence-electron chi connectivity index (χ4n) is 2.53. The van der Waals surface area contributed by atoms with Crippen LogP contribution in [0.2, 0.25) is 0 Å². The van der Waals surface area contributed by atoms with Crippen LogP contribution in [0.15, 0.2) is 46.8 Å². The topological polar surface area (TPSA) is 91.1 Å². The van der Waals surface area contributed by atoms with E-state index in [4.69, 9.17) is 0 Å². The molecule has 0 bridgehead atoms. The van der Waals surface area contributed by atoms with Crippen molar-refractivity contribution in [1.82, 2.24) is 15.0 Å². The molecule has 0 saturated heterocycles. The lowest BCUT2D eigenvalue weighted by atomic mass is 10.1. The number of benzene rings is 1. The van der Waals surface area contributed by atoms with Gasteiger partial charge in [0.05, 0.1) is 6.54 Å². The van der Waals surface area contributed by atoms with E-state index in [1.165, 1.54) is 17.4 Å². The lowest BCUT2D eigenvalue weighted by Gasteiger charge is -2.06. The van der Waals surface area contributed by atoms with Crippen molar-refractivity contribution in [2.75, 3.05) is 13.1 Å². The summed E-state index contributed by atoms with van der Waals surface area (Å²) in [6, 6.07) is 11.2. The van der Waals surface area contributed by atoms with Crippen LogP contribution in [0.25, 0.3) is 10.9 Å². The van der Waals surface area contributed by atoms with E-state index < -0.39 is 10.0 Å². The highest BCUT2D eigenvalue weighted by Gasteiger charge is 2.17. The van der Waals surface area contributed by atoms with Crippen molar-refractivity contribution in [3.63, 3.8) is 0 Å². The Morgan fingerprint density at radius 3 is 2.76 bits per heavy atom. The summed E-state index contributed by atoms with van der Waals surface area (Å²) in [4.78, 5) is 16.0. The average molecular weight is 377 g/mol. The molecule has 3 N–H and O–H groups in total. The van der Waals surface area contributed by atoms with Crippen molar-refractivity contribution in [3.8, 4) is 0 Å². The molecule has 0 spiro atoms. The average Bonchev–Trinajstić information content (AvgIpc) is 3.20. The van der Waals surface area contributed by atoms with Crippen molar-refractivity contribution >= 4 is 38.2 Å². The Bertz CT molecular complexity index is 989. The van der Waals surface area contributed by atoms with Gasteiger partial charge in [0.1, 0.15) is 4.21 Å². The highest BCUT2D eigenvalue weighted by atomic mass is 32.2. The molecule has 1 amide bonds. The summed E-state index contributed by atoms with van der Waals surface area (Å²) >= 11 is 1.18. The van der Waals surface area contributed by atoms with E-state index in [9.17, 15) is 13.2 Å². The Morgan fingerprint density at radius 1 is 1.20 bits per heavy atom. The van der Waals surface area contributed by atoms with Crippen LogP contribution in [-0.4, -0.2) is 32.4 Å². The molecule has 0 atom stereocenters. The van der Waals surface area contributed by atoms with E-state index >= 15 is 0 Å². The van der Waals surface area contributed by atoms with Gasteiger partial charge < -0.3 is 10.3 Å². The number of aryl methyl sites for hydroxylation is 1. The molecule has 6 nitrogen and oxygen atoms in total. The van der Waals surface area contributed by atoms with Crippen LogP contribution >= 0.6 is 11.3 Å². The van der Waals surface area contributed by atoms with Crippen molar-refractivity contribution in [2.24, 2.45) is 0 Å². The molecule has 0 saturated carbocycles. The molecule has 0 aliphatic heterocycles. The molecule has 132 valence electrons. The number of sulfonamides is 1. The van der Waals surface area contributed by atoms with E-state index in [-0.39, 0.29) is 16.7 Å². The molecule has 3 rings (SSSR count). The lowest BCUT2D eigenvalue weighted by Crippen LogP contribution is -2.37. The smallest absolute Gasteiger partial charge is 0.250 e. The van der Waals surface area contributed by atoms with E-state index in [0.717, 1.165) is 21.3 Å². The minimum atomic E-state index is -3.63. The van der Waals surface area contributed by atoms with Gasteiger partial charge in [0.2, 0.25) is 5.91 Å². The first-order valence-electron chi connectivity index (χ1n) is 7.83. The molecule has 2 aromatic heterocycles. The number of hydrogen-bond acceptors (Lipinski definition) is 4. The van der Waals surface area contributed by atoms with Crippen LogP contribution in [-0.2, 0) is 21.2 Å². The van der Waals surface area contributed by atoms with Crippen LogP contribution < -0.4 is 10.0 Å². The fourth-order valence-corrected chi connectivity index (χ4v) is 4.84. The maximum absolute atomic E-state index is 12.1. The van der Waals surface area contributed by atoms with Gasteiger partial charge in [-0.3, -0.25) is 4.79 Å². The minimum Gasteiger partial charge on any atom is -0.361 e. The van der Waals surface area contributed by atoms with Crippen molar-refractivity contribution in [2.45, 2.75) is 17.6 Å². The Morgan fingerprint density at radius 2 is 2.00 bits per heavy atom. The zero-order chi connectivity index (χ0) is 17.9. The van der Waals surface area contributed by atoms with Crippen LogP contribution in [0.4, 0.5) is 0 Å². The van der Waals surface area contributed by atoms with Crippen molar-refractivity contribution in [3.05, 3.63) is 53.0 Å². The molecular formula is C17H19N3O3S2. The summed E-state index contributed by atoms with van der Waals surface area (Å²) in [6.45, 7) is 2.01. The maximum Gasteiger partial charge on any atom is 0.250 e. The molecular weight excluding hydrogens is 358 g/mol. The number of fused-ring (bicyclic) bond motifs is 1. The molecule has 3 aromatic rings. The summed E-state index contributed by atoms with van der Waals surface area (Å²) in [5.41, 5.74) is 2.17. The Labute approximate surface area is 150 Å². The van der Waals surface area contributed by atoms with E-state index in [2.05, 4.69) is 15.0 Å². The lowest BCUT2D eigenvalue weighted by molar-refractivity contribution is -0.119. The number of aromatic nitrogens is 1. The van der Waals surface area contributed by atoms with E-state index in [0.29, 0.717) is 13.0 Å². The summed E-state index contributed by atoms with van der Waals surface area (Å²) in [5, 5.41) is 3.87. The number of rotatable bonds is 7. The van der Waals surface area contributed by atoms with Crippen molar-refractivity contribution < 1.29 is 13.2 Å². The van der Waals surface area contributed by atoms with Gasteiger partial charge in [-0.25, -0.2) is 13.1 Å². The third-order valence-electron chi connectivity index (χ3n) is 3.79. The van der Waals surface area contributed by atoms with E-state index in [1.807, 2.05) is 37.4 Å². The number of H-pyrrole nitrogens is 1. The standard InChI is InChI=1S/C17H19N3O3S2/c1-12-6-7-17(24-12)25(22,23)20-11-16(21)18-9-8-13-10-19-15-5-3-2-4-14(13)15/h2-7,10,19-20H,8-9,11H2,1H3,(H,18,21). The van der Waals surface area contributed by atoms with Gasteiger partial charge in [-0.2, -0.15) is 0 Å². The summed E-state index contributed by atoms with van der Waals surface area (Å²) in [7, 11) is -3.63. The number of hydrogen-bond donors (Lipinski definition) is 3. The SMILES string of the molecule is Cc1ccc(S(=O)(=O)NCC(=O)NCCc2c[nH]c3ccccc23)s1. The van der Waals surface area contributed by atoms with Crippen LogP contribution in [0.3, 0.4) is 0 Å². The van der Waals surface area contributed by atoms with Crippen LogP contribution in [0, 0.1) is 6.92 Å². The van der Waals surface area contributed by atoms with Gasteiger partial charge in [0, 0.05) is 28.5 Å². The number of para-hydroxylation sites is 1. The van der Waals surface area contributed by atoms with Gasteiger partial charge in [0.25, 0.3) is 10.0 Å². The van der Waals surface area contributed by atoms with Crippen LogP contribution in [0.5, 0.6) is 0 Å².